The number of benzene rings is 2. The Balaban J connectivity index is 1.72. The summed E-state index contributed by atoms with van der Waals surface area (Å²) in [4.78, 5) is 26.5. The van der Waals surface area contributed by atoms with E-state index in [1.165, 1.54) is 0 Å². The molecule has 0 aromatic heterocycles. The van der Waals surface area contributed by atoms with Gasteiger partial charge < -0.3 is 15.0 Å². The number of anilines is 2. The van der Waals surface area contributed by atoms with Gasteiger partial charge in [-0.15, -0.1) is 0 Å². The highest BCUT2D eigenvalue weighted by Crippen LogP contribution is 2.29. The fourth-order valence-corrected chi connectivity index (χ4v) is 3.14. The molecule has 0 unspecified atom stereocenters. The fourth-order valence-electron chi connectivity index (χ4n) is 2.91. The quantitative estimate of drug-likeness (QED) is 0.907. The third-order valence-electron chi connectivity index (χ3n) is 4.31. The van der Waals surface area contributed by atoms with Gasteiger partial charge in [0, 0.05) is 35.4 Å². The smallest absolute Gasteiger partial charge is 0.229 e. The van der Waals surface area contributed by atoms with Crippen molar-refractivity contribution < 1.29 is 14.3 Å². The molecular formula is C19H19ClN2O3. The molecular weight excluding hydrogens is 340 g/mol. The summed E-state index contributed by atoms with van der Waals surface area (Å²) < 4.78 is 5.20. The van der Waals surface area contributed by atoms with E-state index in [-0.39, 0.29) is 18.2 Å². The van der Waals surface area contributed by atoms with Crippen LogP contribution in [-0.2, 0) is 9.59 Å². The molecule has 1 fully saturated rings. The predicted octanol–water partition coefficient (Wildman–Crippen LogP) is 3.65. The highest BCUT2D eigenvalue weighted by Gasteiger charge is 2.35. The van der Waals surface area contributed by atoms with E-state index >= 15 is 0 Å². The Morgan fingerprint density at radius 3 is 2.80 bits per heavy atom. The van der Waals surface area contributed by atoms with Gasteiger partial charge in [0.1, 0.15) is 5.75 Å². The normalized spacial score (nSPS) is 16.8. The summed E-state index contributed by atoms with van der Waals surface area (Å²) in [5, 5.41) is 3.51. The average Bonchev–Trinajstić information content (AvgIpc) is 2.99. The van der Waals surface area contributed by atoms with E-state index in [1.807, 2.05) is 25.1 Å². The zero-order chi connectivity index (χ0) is 18.0. The number of halogens is 1. The van der Waals surface area contributed by atoms with E-state index in [9.17, 15) is 9.59 Å². The zero-order valence-electron chi connectivity index (χ0n) is 14.1. The van der Waals surface area contributed by atoms with Crippen LogP contribution >= 0.6 is 11.6 Å². The number of nitrogens with one attached hydrogen (secondary N) is 1. The Hall–Kier alpha value is -2.53. The van der Waals surface area contributed by atoms with Crippen LogP contribution in [0.15, 0.2) is 42.5 Å². The summed E-state index contributed by atoms with van der Waals surface area (Å²) in [6, 6.07) is 12.6. The van der Waals surface area contributed by atoms with Crippen molar-refractivity contribution in [1.82, 2.24) is 0 Å². The van der Waals surface area contributed by atoms with Crippen LogP contribution in [0.3, 0.4) is 0 Å². The highest BCUT2D eigenvalue weighted by atomic mass is 35.5. The van der Waals surface area contributed by atoms with Crippen molar-refractivity contribution in [2.75, 3.05) is 23.9 Å². The molecule has 2 aromatic rings. The number of ether oxygens (including phenoxy) is 1. The summed E-state index contributed by atoms with van der Waals surface area (Å²) in [6.07, 6.45) is 0.190. The minimum atomic E-state index is -0.395. The van der Waals surface area contributed by atoms with Crippen LogP contribution in [0.25, 0.3) is 0 Å². The minimum absolute atomic E-state index is 0.0683. The molecule has 2 aromatic carbocycles. The second-order valence-electron chi connectivity index (χ2n) is 6.06. The van der Waals surface area contributed by atoms with Crippen LogP contribution in [0.5, 0.6) is 5.75 Å². The maximum absolute atomic E-state index is 12.5. The molecule has 6 heteroatoms. The molecule has 1 atom stereocenters. The summed E-state index contributed by atoms with van der Waals surface area (Å²) in [5.41, 5.74) is 2.33. The molecule has 1 aliphatic heterocycles. The minimum Gasteiger partial charge on any atom is -0.497 e. The maximum atomic E-state index is 12.5. The number of nitrogens with zero attached hydrogens (tertiary/aromatic N) is 1. The van der Waals surface area contributed by atoms with Crippen LogP contribution < -0.4 is 15.0 Å². The number of rotatable bonds is 4. The van der Waals surface area contributed by atoms with Gasteiger partial charge in [-0.2, -0.15) is 0 Å². The van der Waals surface area contributed by atoms with Crippen LogP contribution in [0, 0.1) is 12.8 Å². The Kier molecular flexibility index (Phi) is 4.95. The van der Waals surface area contributed by atoms with Crippen molar-refractivity contribution in [2.45, 2.75) is 13.3 Å². The third-order valence-corrected chi connectivity index (χ3v) is 4.54. The molecule has 1 N–H and O–H groups in total. The first-order chi connectivity index (χ1) is 12.0. The number of amides is 2. The average molecular weight is 359 g/mol. The van der Waals surface area contributed by atoms with Crippen LogP contribution in [0.1, 0.15) is 12.0 Å². The predicted molar refractivity (Wildman–Crippen MR) is 98.3 cm³/mol. The summed E-state index contributed by atoms with van der Waals surface area (Å²) in [5.74, 6) is 0.0502. The highest BCUT2D eigenvalue weighted by molar-refractivity contribution is 6.30. The second-order valence-corrected chi connectivity index (χ2v) is 6.49. The van der Waals surface area contributed by atoms with Crippen molar-refractivity contribution in [2.24, 2.45) is 5.92 Å². The van der Waals surface area contributed by atoms with Gasteiger partial charge in [-0.3, -0.25) is 9.59 Å². The number of hydrogen-bond acceptors (Lipinski definition) is 3. The van der Waals surface area contributed by atoms with E-state index < -0.39 is 5.92 Å². The topological polar surface area (TPSA) is 58.6 Å². The lowest BCUT2D eigenvalue weighted by Crippen LogP contribution is -2.28. The van der Waals surface area contributed by atoms with Gasteiger partial charge >= 0.3 is 0 Å². The Morgan fingerprint density at radius 2 is 2.08 bits per heavy atom. The molecule has 0 saturated carbocycles. The third kappa shape index (κ3) is 3.77. The van der Waals surface area contributed by atoms with E-state index in [2.05, 4.69) is 5.32 Å². The molecule has 3 rings (SSSR count). The zero-order valence-corrected chi connectivity index (χ0v) is 14.8. The Bertz CT molecular complexity index is 822. The van der Waals surface area contributed by atoms with Crippen LogP contribution in [0.4, 0.5) is 11.4 Å². The van der Waals surface area contributed by atoms with Gasteiger partial charge in [0.15, 0.2) is 0 Å². The van der Waals surface area contributed by atoms with E-state index in [0.717, 1.165) is 11.3 Å². The van der Waals surface area contributed by atoms with Crippen LogP contribution in [-0.4, -0.2) is 25.5 Å². The summed E-state index contributed by atoms with van der Waals surface area (Å²) in [7, 11) is 1.58. The van der Waals surface area contributed by atoms with E-state index in [0.29, 0.717) is 23.0 Å². The van der Waals surface area contributed by atoms with E-state index in [4.69, 9.17) is 16.3 Å². The molecule has 2 amide bonds. The van der Waals surface area contributed by atoms with Gasteiger partial charge in [0.2, 0.25) is 11.8 Å². The van der Waals surface area contributed by atoms with Gasteiger partial charge in [0.25, 0.3) is 0 Å². The van der Waals surface area contributed by atoms with E-state index in [1.54, 1.807) is 36.3 Å². The first kappa shape index (κ1) is 17.3. The fraction of sp³-hybridized carbons (Fsp3) is 0.263. The lowest BCUT2D eigenvalue weighted by molar-refractivity contribution is -0.122. The molecule has 1 aliphatic rings. The molecule has 0 aliphatic carbocycles. The lowest BCUT2D eigenvalue weighted by atomic mass is 10.1. The molecule has 25 heavy (non-hydrogen) atoms. The Labute approximate surface area is 151 Å². The molecule has 1 saturated heterocycles. The standard InChI is InChI=1S/C19H19ClN2O3/c1-12-8-14(20)6-7-17(12)21-19(24)13-9-18(23)22(11-13)15-4-3-5-16(10-15)25-2/h3-8,10,13H,9,11H2,1-2H3,(H,21,24)/t13-/m0/s1. The molecule has 0 spiro atoms. The monoisotopic (exact) mass is 358 g/mol. The maximum Gasteiger partial charge on any atom is 0.229 e. The van der Waals surface area contributed by atoms with Crippen molar-refractivity contribution in [1.29, 1.82) is 0 Å². The van der Waals surface area contributed by atoms with Crippen LogP contribution in [0.2, 0.25) is 5.02 Å². The first-order valence-electron chi connectivity index (χ1n) is 7.99. The van der Waals surface area contributed by atoms with Crippen molar-refractivity contribution in [3.8, 4) is 5.75 Å². The van der Waals surface area contributed by atoms with Crippen molar-refractivity contribution in [3.05, 3.63) is 53.1 Å². The SMILES string of the molecule is COc1cccc(N2C[C@@H](C(=O)Nc3ccc(Cl)cc3C)CC2=O)c1. The summed E-state index contributed by atoms with van der Waals surface area (Å²) in [6.45, 7) is 2.23. The first-order valence-corrected chi connectivity index (χ1v) is 8.37. The molecule has 5 nitrogen and oxygen atoms in total. The number of carbonyl (C=O) groups is 2. The number of aryl methyl sites for hydroxylation is 1. The largest absolute Gasteiger partial charge is 0.497 e. The van der Waals surface area contributed by atoms with Gasteiger partial charge in [-0.05, 0) is 42.8 Å². The van der Waals surface area contributed by atoms with Crippen molar-refractivity contribution >= 4 is 34.8 Å². The molecule has 0 radical (unpaired) electrons. The second kappa shape index (κ2) is 7.15. The molecule has 0 bridgehead atoms. The number of carbonyl (C=O) groups excluding carboxylic acids is 2. The van der Waals surface area contributed by atoms with Gasteiger partial charge in [0.05, 0.1) is 13.0 Å². The Morgan fingerprint density at radius 1 is 1.28 bits per heavy atom. The van der Waals surface area contributed by atoms with Crippen molar-refractivity contribution in [3.63, 3.8) is 0 Å². The lowest BCUT2D eigenvalue weighted by Gasteiger charge is -2.17. The molecule has 1 heterocycles. The van der Waals surface area contributed by atoms with Gasteiger partial charge in [-0.1, -0.05) is 17.7 Å². The number of methoxy groups -OCH3 is 1. The molecule has 130 valence electrons. The summed E-state index contributed by atoms with van der Waals surface area (Å²) >= 11 is 5.94. The number of hydrogen-bond donors (Lipinski definition) is 1. The van der Waals surface area contributed by atoms with Gasteiger partial charge in [-0.25, -0.2) is 0 Å².